The van der Waals surface area contributed by atoms with Crippen LogP contribution >= 0.6 is 0 Å². The molecule has 0 spiro atoms. The van der Waals surface area contributed by atoms with Gasteiger partial charge in [-0.2, -0.15) is 0 Å². The summed E-state index contributed by atoms with van der Waals surface area (Å²) in [4.78, 5) is 0. The highest BCUT2D eigenvalue weighted by molar-refractivity contribution is 7.90. The molecule has 6 heteroatoms. The summed E-state index contributed by atoms with van der Waals surface area (Å²) in [5, 5.41) is 0. The van der Waals surface area contributed by atoms with Crippen molar-refractivity contribution in [2.45, 2.75) is 25.8 Å². The van der Waals surface area contributed by atoms with Crippen molar-refractivity contribution < 1.29 is 17.9 Å². The highest BCUT2D eigenvalue weighted by Crippen LogP contribution is 2.25. The minimum Gasteiger partial charge on any atom is -0.497 e. The number of methoxy groups -OCH3 is 1. The Balaban J connectivity index is 2.82. The van der Waals surface area contributed by atoms with E-state index >= 15 is 0 Å². The Bertz CT molecular complexity index is 528. The third kappa shape index (κ3) is 5.79. The van der Waals surface area contributed by atoms with Crippen molar-refractivity contribution in [3.05, 3.63) is 23.8 Å². The van der Waals surface area contributed by atoms with Crippen LogP contribution in [0.2, 0.25) is 0 Å². The molecule has 5 nitrogen and oxygen atoms in total. The van der Waals surface area contributed by atoms with Crippen LogP contribution < -0.4 is 15.2 Å². The van der Waals surface area contributed by atoms with Crippen LogP contribution in [0.3, 0.4) is 0 Å². The Hall–Kier alpha value is -1.27. The van der Waals surface area contributed by atoms with Crippen molar-refractivity contribution in [1.82, 2.24) is 0 Å². The number of hydrogen-bond acceptors (Lipinski definition) is 5. The fourth-order valence-corrected chi connectivity index (χ4v) is 2.10. The van der Waals surface area contributed by atoms with E-state index in [2.05, 4.69) is 0 Å². The van der Waals surface area contributed by atoms with E-state index in [9.17, 15) is 8.42 Å². The lowest BCUT2D eigenvalue weighted by atomic mass is 10.0. The van der Waals surface area contributed by atoms with Crippen molar-refractivity contribution >= 4 is 9.84 Å². The molecule has 0 heterocycles. The molecule has 20 heavy (non-hydrogen) atoms. The Morgan fingerprint density at radius 2 is 2.05 bits per heavy atom. The van der Waals surface area contributed by atoms with Crippen LogP contribution in [-0.4, -0.2) is 40.2 Å². The molecule has 1 atom stereocenters. The summed E-state index contributed by atoms with van der Waals surface area (Å²) < 4.78 is 33.0. The van der Waals surface area contributed by atoms with E-state index in [4.69, 9.17) is 15.2 Å². The molecule has 1 unspecified atom stereocenters. The minimum absolute atomic E-state index is 0.00169. The van der Waals surface area contributed by atoms with Crippen LogP contribution in [0.15, 0.2) is 18.2 Å². The topological polar surface area (TPSA) is 78.6 Å². The molecule has 0 fully saturated rings. The van der Waals surface area contributed by atoms with Gasteiger partial charge in [0.2, 0.25) is 0 Å². The molecule has 1 aromatic carbocycles. The van der Waals surface area contributed by atoms with Crippen LogP contribution in [0.4, 0.5) is 0 Å². The number of nitrogens with two attached hydrogens (primary N) is 1. The number of sulfone groups is 1. The van der Waals surface area contributed by atoms with E-state index in [1.54, 1.807) is 19.2 Å². The zero-order valence-corrected chi connectivity index (χ0v) is 13.1. The summed E-state index contributed by atoms with van der Waals surface area (Å²) in [6.07, 6.45) is 2.72. The lowest BCUT2D eigenvalue weighted by Crippen LogP contribution is -2.22. The summed E-state index contributed by atoms with van der Waals surface area (Å²) in [6.45, 7) is 2.16. The van der Waals surface area contributed by atoms with E-state index in [0.29, 0.717) is 12.2 Å². The van der Waals surface area contributed by atoms with Crippen molar-refractivity contribution in [2.24, 2.45) is 5.73 Å². The monoisotopic (exact) mass is 301 g/mol. The molecule has 0 saturated heterocycles. The Labute approximate surface area is 121 Å². The average Bonchev–Trinajstić information content (AvgIpc) is 2.38. The van der Waals surface area contributed by atoms with E-state index in [1.165, 1.54) is 6.26 Å². The van der Waals surface area contributed by atoms with Crippen LogP contribution in [0.25, 0.3) is 0 Å². The van der Waals surface area contributed by atoms with Gasteiger partial charge in [0.05, 0.1) is 12.9 Å². The predicted octanol–water partition coefficient (Wildman–Crippen LogP) is 1.40. The summed E-state index contributed by atoms with van der Waals surface area (Å²) in [6, 6.07) is 5.50. The van der Waals surface area contributed by atoms with Gasteiger partial charge in [0.1, 0.15) is 18.1 Å². The first-order valence-corrected chi connectivity index (χ1v) is 8.64. The lowest BCUT2D eigenvalue weighted by molar-refractivity contribution is 0.335. The summed E-state index contributed by atoms with van der Waals surface area (Å²) >= 11 is 0. The van der Waals surface area contributed by atoms with Crippen molar-refractivity contribution in [1.29, 1.82) is 0 Å². The minimum atomic E-state index is -3.02. The van der Waals surface area contributed by atoms with Gasteiger partial charge in [-0.1, -0.05) is 6.92 Å². The SMILES string of the molecule is CCC(N)Cc1cc(OC)ccc1OCCS(C)(=O)=O. The van der Waals surface area contributed by atoms with E-state index < -0.39 is 9.84 Å². The van der Waals surface area contributed by atoms with E-state index in [0.717, 1.165) is 17.7 Å². The third-order valence-corrected chi connectivity index (χ3v) is 3.89. The molecule has 0 radical (unpaired) electrons. The standard InChI is InChI=1S/C14H23NO4S/c1-4-12(15)9-11-10-13(18-2)5-6-14(11)19-7-8-20(3,16)17/h5-6,10,12H,4,7-9,15H2,1-3H3. The fourth-order valence-electron chi connectivity index (χ4n) is 1.71. The van der Waals surface area contributed by atoms with Crippen molar-refractivity contribution in [3.63, 3.8) is 0 Å². The van der Waals surface area contributed by atoms with Gasteiger partial charge in [-0.25, -0.2) is 8.42 Å². The second kappa shape index (κ2) is 7.50. The van der Waals surface area contributed by atoms with Crippen molar-refractivity contribution in [2.75, 3.05) is 25.7 Å². The van der Waals surface area contributed by atoms with Crippen LogP contribution in [0.1, 0.15) is 18.9 Å². The molecule has 0 saturated carbocycles. The first-order valence-electron chi connectivity index (χ1n) is 6.58. The Kier molecular flexibility index (Phi) is 6.29. The quantitative estimate of drug-likeness (QED) is 0.785. The van der Waals surface area contributed by atoms with Gasteiger partial charge in [0, 0.05) is 12.3 Å². The van der Waals surface area contributed by atoms with Crippen molar-refractivity contribution in [3.8, 4) is 11.5 Å². The van der Waals surface area contributed by atoms with E-state index in [-0.39, 0.29) is 18.4 Å². The molecule has 0 aliphatic heterocycles. The highest BCUT2D eigenvalue weighted by atomic mass is 32.2. The van der Waals surface area contributed by atoms with E-state index in [1.807, 2.05) is 13.0 Å². The maximum absolute atomic E-state index is 11.1. The second-order valence-electron chi connectivity index (χ2n) is 4.82. The number of hydrogen-bond donors (Lipinski definition) is 1. The average molecular weight is 301 g/mol. The van der Waals surface area contributed by atoms with Gasteiger partial charge < -0.3 is 15.2 Å². The van der Waals surface area contributed by atoms with Gasteiger partial charge >= 0.3 is 0 Å². The molecule has 2 N–H and O–H groups in total. The van der Waals surface area contributed by atoms with Gasteiger partial charge in [0.15, 0.2) is 9.84 Å². The smallest absolute Gasteiger partial charge is 0.150 e. The largest absolute Gasteiger partial charge is 0.497 e. The van der Waals surface area contributed by atoms with Gasteiger partial charge in [0.25, 0.3) is 0 Å². The summed E-state index contributed by atoms with van der Waals surface area (Å²) in [7, 11) is -1.42. The molecule has 114 valence electrons. The Morgan fingerprint density at radius 3 is 2.60 bits per heavy atom. The number of benzene rings is 1. The first kappa shape index (κ1) is 16.8. The zero-order valence-electron chi connectivity index (χ0n) is 12.3. The van der Waals surface area contributed by atoms with Gasteiger partial charge in [-0.05, 0) is 36.6 Å². The molecule has 0 aliphatic carbocycles. The lowest BCUT2D eigenvalue weighted by Gasteiger charge is -2.15. The maximum atomic E-state index is 11.1. The maximum Gasteiger partial charge on any atom is 0.150 e. The second-order valence-corrected chi connectivity index (χ2v) is 7.08. The summed E-state index contributed by atoms with van der Waals surface area (Å²) in [5.41, 5.74) is 6.91. The number of ether oxygens (including phenoxy) is 2. The molecule has 1 rings (SSSR count). The molecule has 0 aliphatic rings. The van der Waals surface area contributed by atoms with Crippen LogP contribution in [0.5, 0.6) is 11.5 Å². The molecule has 0 aromatic heterocycles. The number of rotatable bonds is 8. The molecule has 0 bridgehead atoms. The summed E-state index contributed by atoms with van der Waals surface area (Å²) in [5.74, 6) is 1.40. The fraction of sp³-hybridized carbons (Fsp3) is 0.571. The molecular weight excluding hydrogens is 278 g/mol. The Morgan fingerprint density at radius 1 is 1.35 bits per heavy atom. The molecular formula is C14H23NO4S. The predicted molar refractivity (Wildman–Crippen MR) is 80.2 cm³/mol. The van der Waals surface area contributed by atoms with Crippen LogP contribution in [0, 0.1) is 0 Å². The molecule has 1 aromatic rings. The van der Waals surface area contributed by atoms with Gasteiger partial charge in [-0.3, -0.25) is 0 Å². The van der Waals surface area contributed by atoms with Gasteiger partial charge in [-0.15, -0.1) is 0 Å². The molecule has 0 amide bonds. The first-order chi connectivity index (χ1) is 9.35. The highest BCUT2D eigenvalue weighted by Gasteiger charge is 2.11. The third-order valence-electron chi connectivity index (χ3n) is 2.99. The normalized spacial score (nSPS) is 13.0. The van der Waals surface area contributed by atoms with Crippen LogP contribution in [-0.2, 0) is 16.3 Å². The zero-order chi connectivity index (χ0) is 15.2.